The molecule has 0 aliphatic rings. The molecule has 4 aromatic rings. The molecule has 0 spiro atoms. The van der Waals surface area contributed by atoms with Crippen LogP contribution in [-0.4, -0.2) is 15.6 Å². The van der Waals surface area contributed by atoms with Crippen LogP contribution < -0.4 is 10.7 Å². The molecule has 0 unspecified atom stereocenters. The van der Waals surface area contributed by atoms with Crippen LogP contribution in [-0.2, 0) is 0 Å². The van der Waals surface area contributed by atoms with Crippen molar-refractivity contribution in [3.63, 3.8) is 0 Å². The first kappa shape index (κ1) is 21.0. The van der Waals surface area contributed by atoms with Gasteiger partial charge in [-0.25, -0.2) is 26.7 Å². The molecule has 0 saturated carbocycles. The number of nitrogens with one attached hydrogen (secondary N) is 1. The summed E-state index contributed by atoms with van der Waals surface area (Å²) in [4.78, 5) is 24.1. The van der Waals surface area contributed by atoms with E-state index in [1.807, 2.05) is 0 Å². The summed E-state index contributed by atoms with van der Waals surface area (Å²) in [6.07, 6.45) is 0.823. The minimum Gasteiger partial charge on any atom is -0.477 e. The molecule has 0 radical (unpaired) electrons. The van der Waals surface area contributed by atoms with Gasteiger partial charge in [0.15, 0.2) is 0 Å². The molecule has 1 heterocycles. The number of halogens is 5. The molecule has 3 aromatic carbocycles. The number of carboxylic acid groups (broad SMARTS) is 1. The van der Waals surface area contributed by atoms with Gasteiger partial charge in [0, 0.05) is 23.7 Å². The summed E-state index contributed by atoms with van der Waals surface area (Å²) >= 11 is 0. The summed E-state index contributed by atoms with van der Waals surface area (Å²) in [6.45, 7) is 0. The van der Waals surface area contributed by atoms with E-state index in [0.717, 1.165) is 41.1 Å². The first-order valence-corrected chi connectivity index (χ1v) is 8.95. The van der Waals surface area contributed by atoms with Crippen LogP contribution in [0.5, 0.6) is 0 Å². The molecule has 0 amide bonds. The number of fused-ring (bicyclic) bond motifs is 1. The van der Waals surface area contributed by atoms with E-state index in [0.29, 0.717) is 18.2 Å². The molecule has 4 rings (SSSR count). The largest absolute Gasteiger partial charge is 0.477 e. The molecular weight excluding hydrogens is 435 g/mol. The smallest absolute Gasteiger partial charge is 0.341 e. The quantitative estimate of drug-likeness (QED) is 0.427. The maximum absolute atomic E-state index is 14.7. The Morgan fingerprint density at radius 3 is 2.06 bits per heavy atom. The second-order valence-electron chi connectivity index (χ2n) is 6.74. The number of carboxylic acids is 1. The predicted molar refractivity (Wildman–Crippen MR) is 106 cm³/mol. The van der Waals surface area contributed by atoms with Gasteiger partial charge < -0.3 is 15.0 Å². The van der Waals surface area contributed by atoms with Crippen molar-refractivity contribution in [2.24, 2.45) is 0 Å². The Labute approximate surface area is 176 Å². The standard InChI is InChI=1S/C22H11F5N2O3/c23-10-1-3-17(14(25)5-10)28-18-8-20-12(7-15(18)26)21(30)13(22(31)32)9-29(20)19-4-2-11(24)6-16(19)27/h1-9,28H,(H,31,32). The highest BCUT2D eigenvalue weighted by Gasteiger charge is 2.20. The minimum absolute atomic E-state index is 0.142. The van der Waals surface area contributed by atoms with Crippen LogP contribution in [0.1, 0.15) is 10.4 Å². The topological polar surface area (TPSA) is 71.3 Å². The lowest BCUT2D eigenvalue weighted by Crippen LogP contribution is -2.19. The van der Waals surface area contributed by atoms with E-state index in [4.69, 9.17) is 0 Å². The Morgan fingerprint density at radius 2 is 1.44 bits per heavy atom. The Balaban J connectivity index is 2.00. The number of benzene rings is 3. The van der Waals surface area contributed by atoms with Crippen LogP contribution in [0.25, 0.3) is 16.6 Å². The van der Waals surface area contributed by atoms with Crippen molar-refractivity contribution in [1.82, 2.24) is 4.57 Å². The van der Waals surface area contributed by atoms with E-state index in [2.05, 4.69) is 5.32 Å². The van der Waals surface area contributed by atoms with E-state index in [1.165, 1.54) is 0 Å². The van der Waals surface area contributed by atoms with Gasteiger partial charge in [-0.05, 0) is 36.4 Å². The minimum atomic E-state index is -1.64. The van der Waals surface area contributed by atoms with Gasteiger partial charge in [0.05, 0.1) is 22.6 Å². The van der Waals surface area contributed by atoms with Gasteiger partial charge in [-0.1, -0.05) is 0 Å². The zero-order valence-corrected chi connectivity index (χ0v) is 15.8. The molecule has 1 aromatic heterocycles. The molecule has 0 atom stereocenters. The van der Waals surface area contributed by atoms with Gasteiger partial charge in [-0.15, -0.1) is 0 Å². The fourth-order valence-electron chi connectivity index (χ4n) is 3.21. The first-order valence-electron chi connectivity index (χ1n) is 8.95. The number of pyridine rings is 1. The second-order valence-corrected chi connectivity index (χ2v) is 6.74. The first-order chi connectivity index (χ1) is 15.2. The Bertz CT molecular complexity index is 1470. The van der Waals surface area contributed by atoms with Crippen molar-refractivity contribution in [3.05, 3.63) is 99.6 Å². The lowest BCUT2D eigenvalue weighted by molar-refractivity contribution is 0.0695. The Hall–Kier alpha value is -4.21. The van der Waals surface area contributed by atoms with E-state index in [-0.39, 0.29) is 22.6 Å². The molecule has 0 aliphatic heterocycles. The van der Waals surface area contributed by atoms with E-state index in [1.54, 1.807) is 0 Å². The van der Waals surface area contributed by atoms with Crippen molar-refractivity contribution in [3.8, 4) is 5.69 Å². The fraction of sp³-hybridized carbons (Fsp3) is 0. The normalized spacial score (nSPS) is 11.0. The molecule has 10 heteroatoms. The lowest BCUT2D eigenvalue weighted by atomic mass is 10.1. The van der Waals surface area contributed by atoms with E-state index in [9.17, 15) is 36.6 Å². The van der Waals surface area contributed by atoms with Gasteiger partial charge in [-0.3, -0.25) is 4.79 Å². The number of aromatic nitrogens is 1. The molecule has 0 fully saturated rings. The van der Waals surface area contributed by atoms with Gasteiger partial charge in [0.2, 0.25) is 5.43 Å². The summed E-state index contributed by atoms with van der Waals surface area (Å²) < 4.78 is 70.6. The van der Waals surface area contributed by atoms with Gasteiger partial charge >= 0.3 is 5.97 Å². The molecule has 32 heavy (non-hydrogen) atoms. The van der Waals surface area contributed by atoms with Crippen molar-refractivity contribution in [2.45, 2.75) is 0 Å². The summed E-state index contributed by atoms with van der Waals surface area (Å²) in [5.41, 5.74) is -2.91. The molecular formula is C22H11F5N2O3. The monoisotopic (exact) mass is 446 g/mol. The highest BCUT2D eigenvalue weighted by Crippen LogP contribution is 2.29. The third-order valence-corrected chi connectivity index (χ3v) is 4.69. The number of hydrogen-bond donors (Lipinski definition) is 2. The van der Waals surface area contributed by atoms with Crippen LogP contribution in [0.15, 0.2) is 59.5 Å². The van der Waals surface area contributed by atoms with E-state index < -0.39 is 51.4 Å². The highest BCUT2D eigenvalue weighted by molar-refractivity contribution is 5.94. The molecule has 2 N–H and O–H groups in total. The number of anilines is 2. The van der Waals surface area contributed by atoms with Crippen LogP contribution in [0, 0.1) is 29.1 Å². The van der Waals surface area contributed by atoms with Crippen LogP contribution >= 0.6 is 0 Å². The number of nitrogens with zero attached hydrogens (tertiary/aromatic N) is 1. The summed E-state index contributed by atoms with van der Waals surface area (Å²) in [5, 5.41) is 11.3. The maximum Gasteiger partial charge on any atom is 0.341 e. The molecule has 0 bridgehead atoms. The van der Waals surface area contributed by atoms with Gasteiger partial charge in [0.25, 0.3) is 0 Å². The molecule has 0 aliphatic carbocycles. The van der Waals surface area contributed by atoms with Gasteiger partial charge in [-0.2, -0.15) is 0 Å². The van der Waals surface area contributed by atoms with Crippen molar-refractivity contribution in [1.29, 1.82) is 0 Å². The SMILES string of the molecule is O=C(O)c1cn(-c2ccc(F)cc2F)c2cc(Nc3ccc(F)cc3F)c(F)cc2c1=O. The van der Waals surface area contributed by atoms with Crippen molar-refractivity contribution >= 4 is 28.2 Å². The average Bonchev–Trinajstić information content (AvgIpc) is 2.71. The van der Waals surface area contributed by atoms with Crippen molar-refractivity contribution < 1.29 is 31.9 Å². The fourth-order valence-corrected chi connectivity index (χ4v) is 3.21. The zero-order valence-electron chi connectivity index (χ0n) is 15.8. The predicted octanol–water partition coefficient (Wildman–Crippen LogP) is 5.13. The number of rotatable bonds is 4. The summed E-state index contributed by atoms with van der Waals surface area (Å²) in [6, 6.07) is 6.76. The summed E-state index contributed by atoms with van der Waals surface area (Å²) in [5.74, 6) is -6.53. The lowest BCUT2D eigenvalue weighted by Gasteiger charge is -2.16. The second kappa shape index (κ2) is 7.80. The third-order valence-electron chi connectivity index (χ3n) is 4.69. The number of hydrogen-bond acceptors (Lipinski definition) is 3. The molecule has 5 nitrogen and oxygen atoms in total. The number of aromatic carboxylic acids is 1. The average molecular weight is 446 g/mol. The van der Waals surface area contributed by atoms with Crippen LogP contribution in [0.3, 0.4) is 0 Å². The maximum atomic E-state index is 14.7. The van der Waals surface area contributed by atoms with Gasteiger partial charge in [0.1, 0.15) is 34.6 Å². The Kier molecular flexibility index (Phi) is 5.13. The zero-order chi connectivity index (χ0) is 23.2. The molecule has 0 saturated heterocycles. The molecule has 162 valence electrons. The number of carbonyl (C=O) groups is 1. The van der Waals surface area contributed by atoms with Crippen molar-refractivity contribution in [2.75, 3.05) is 5.32 Å². The third kappa shape index (κ3) is 3.66. The van der Waals surface area contributed by atoms with Crippen LogP contribution in [0.4, 0.5) is 33.3 Å². The highest BCUT2D eigenvalue weighted by atomic mass is 19.1. The summed E-state index contributed by atoms with van der Waals surface area (Å²) in [7, 11) is 0. The van der Waals surface area contributed by atoms with Crippen LogP contribution in [0.2, 0.25) is 0 Å². The Morgan fingerprint density at radius 1 is 0.812 bits per heavy atom. The van der Waals surface area contributed by atoms with E-state index >= 15 is 0 Å².